The number of methoxy groups -OCH3 is 1. The number of rotatable bonds is 9. The van der Waals surface area contributed by atoms with Crippen LogP contribution in [0.4, 0.5) is 4.79 Å². The van der Waals surface area contributed by atoms with Crippen molar-refractivity contribution in [2.45, 2.75) is 31.1 Å². The predicted molar refractivity (Wildman–Crippen MR) is 172 cm³/mol. The van der Waals surface area contributed by atoms with Crippen LogP contribution in [-0.2, 0) is 25.9 Å². The molecule has 1 aliphatic heterocycles. The molecule has 12 heteroatoms. The number of aromatic nitrogens is 1. The number of fused-ring (bicyclic) bond motifs is 1. The van der Waals surface area contributed by atoms with Crippen LogP contribution >= 0.6 is 11.6 Å². The molecule has 45 heavy (non-hydrogen) atoms. The van der Waals surface area contributed by atoms with Gasteiger partial charge in [-0.2, -0.15) is 4.31 Å². The molecule has 1 fully saturated rings. The third-order valence-electron chi connectivity index (χ3n) is 7.78. The summed E-state index contributed by atoms with van der Waals surface area (Å²) in [6, 6.07) is 20.3. The van der Waals surface area contributed by atoms with Crippen molar-refractivity contribution in [3.63, 3.8) is 0 Å². The van der Waals surface area contributed by atoms with E-state index in [4.69, 9.17) is 21.1 Å². The molecule has 4 aromatic rings. The second-order valence-electron chi connectivity index (χ2n) is 10.7. The number of halogens is 1. The van der Waals surface area contributed by atoms with E-state index >= 15 is 0 Å². The second-order valence-corrected chi connectivity index (χ2v) is 13.0. The van der Waals surface area contributed by atoms with Gasteiger partial charge in [-0.25, -0.2) is 18.0 Å². The fourth-order valence-electron chi connectivity index (χ4n) is 5.37. The Bertz CT molecular complexity index is 1870. The molecule has 0 bridgehead atoms. The maximum Gasteiger partial charge on any atom is 0.409 e. The number of carbonyl (C=O) groups is 2. The van der Waals surface area contributed by atoms with Crippen LogP contribution in [0, 0.1) is 0 Å². The van der Waals surface area contributed by atoms with Crippen molar-refractivity contribution >= 4 is 44.6 Å². The summed E-state index contributed by atoms with van der Waals surface area (Å²) < 4.78 is 40.2. The first-order valence-corrected chi connectivity index (χ1v) is 16.5. The lowest BCUT2D eigenvalue weighted by Crippen LogP contribution is -2.50. The van der Waals surface area contributed by atoms with Gasteiger partial charge >= 0.3 is 12.1 Å². The van der Waals surface area contributed by atoms with Crippen LogP contribution in [0.15, 0.2) is 82.5 Å². The Balaban J connectivity index is 1.44. The summed E-state index contributed by atoms with van der Waals surface area (Å²) >= 11 is 6.31. The molecule has 0 N–H and O–H groups in total. The Morgan fingerprint density at radius 3 is 2.27 bits per heavy atom. The van der Waals surface area contributed by atoms with Crippen LogP contribution in [-0.4, -0.2) is 74.1 Å². The van der Waals surface area contributed by atoms with Gasteiger partial charge in [-0.15, -0.1) is 0 Å². The quantitative estimate of drug-likeness (QED) is 0.179. The van der Waals surface area contributed by atoms with E-state index in [0.29, 0.717) is 33.8 Å². The third kappa shape index (κ3) is 6.75. The molecule has 0 spiro atoms. The maximum absolute atomic E-state index is 13.8. The van der Waals surface area contributed by atoms with Crippen molar-refractivity contribution in [3.8, 4) is 5.69 Å². The normalized spacial score (nSPS) is 14.0. The van der Waals surface area contributed by atoms with Gasteiger partial charge < -0.3 is 18.9 Å². The van der Waals surface area contributed by atoms with Gasteiger partial charge in [0.1, 0.15) is 5.69 Å². The summed E-state index contributed by atoms with van der Waals surface area (Å²) in [5.41, 5.74) is 1.64. The van der Waals surface area contributed by atoms with Crippen molar-refractivity contribution < 1.29 is 27.5 Å². The number of ether oxygens (including phenoxy) is 2. The van der Waals surface area contributed by atoms with E-state index in [0.717, 1.165) is 12.8 Å². The van der Waals surface area contributed by atoms with Gasteiger partial charge in [0.15, 0.2) is 5.43 Å². The lowest BCUT2D eigenvalue weighted by molar-refractivity contribution is 0.0589. The Morgan fingerprint density at radius 1 is 0.933 bits per heavy atom. The summed E-state index contributed by atoms with van der Waals surface area (Å²) in [6.45, 7) is 3.12. The fraction of sp³-hybridized carbons (Fsp3) is 0.303. The zero-order chi connectivity index (χ0) is 32.1. The Kier molecular flexibility index (Phi) is 9.91. The minimum Gasteiger partial charge on any atom is -0.464 e. The van der Waals surface area contributed by atoms with E-state index in [1.54, 1.807) is 34.9 Å². The first-order valence-electron chi connectivity index (χ1n) is 14.7. The van der Waals surface area contributed by atoms with Crippen molar-refractivity contribution in [2.75, 3.05) is 39.9 Å². The maximum atomic E-state index is 13.8. The van der Waals surface area contributed by atoms with E-state index in [-0.39, 0.29) is 54.2 Å². The molecule has 0 radical (unpaired) electrons. The number of nitrogens with zero attached hydrogens (tertiary/aromatic N) is 3. The minimum absolute atomic E-state index is 0.0494. The molecular formula is C33H34ClN3O7S. The Labute approximate surface area is 266 Å². The molecule has 2 heterocycles. The van der Waals surface area contributed by atoms with Crippen LogP contribution in [0.1, 0.15) is 41.4 Å². The molecule has 1 amide bonds. The van der Waals surface area contributed by atoms with Gasteiger partial charge in [-0.3, -0.25) is 4.79 Å². The highest BCUT2D eigenvalue weighted by atomic mass is 35.5. The van der Waals surface area contributed by atoms with Gasteiger partial charge in [0.05, 0.1) is 24.1 Å². The monoisotopic (exact) mass is 651 g/mol. The van der Waals surface area contributed by atoms with E-state index in [2.05, 4.69) is 0 Å². The summed E-state index contributed by atoms with van der Waals surface area (Å²) in [7, 11) is -2.58. The average Bonchev–Trinajstić information content (AvgIpc) is 3.06. The van der Waals surface area contributed by atoms with Crippen LogP contribution in [0.25, 0.3) is 16.6 Å². The van der Waals surface area contributed by atoms with Crippen LogP contribution in [0.5, 0.6) is 0 Å². The summed E-state index contributed by atoms with van der Waals surface area (Å²) in [4.78, 5) is 41.0. The second kappa shape index (κ2) is 13.8. The van der Waals surface area contributed by atoms with Gasteiger partial charge in [-0.05, 0) is 54.4 Å². The molecule has 1 aromatic heterocycles. The first kappa shape index (κ1) is 32.2. The average molecular weight is 652 g/mol. The number of para-hydroxylation sites is 1. The van der Waals surface area contributed by atoms with Gasteiger partial charge in [0, 0.05) is 54.3 Å². The molecule has 1 saturated heterocycles. The van der Waals surface area contributed by atoms with Crippen molar-refractivity contribution in [1.29, 1.82) is 0 Å². The molecule has 0 unspecified atom stereocenters. The van der Waals surface area contributed by atoms with Crippen molar-refractivity contribution in [1.82, 2.24) is 13.8 Å². The van der Waals surface area contributed by atoms with Crippen molar-refractivity contribution in [3.05, 3.63) is 105 Å². The molecule has 0 saturated carbocycles. The Morgan fingerprint density at radius 2 is 1.62 bits per heavy atom. The van der Waals surface area contributed by atoms with Crippen LogP contribution in [0.2, 0.25) is 5.02 Å². The number of esters is 1. The fourth-order valence-corrected chi connectivity index (χ4v) is 6.95. The zero-order valence-electron chi connectivity index (χ0n) is 25.1. The molecule has 0 aliphatic carbocycles. The first-order chi connectivity index (χ1) is 21.6. The predicted octanol–water partition coefficient (Wildman–Crippen LogP) is 5.26. The number of hydrogen-bond acceptors (Lipinski definition) is 7. The highest BCUT2D eigenvalue weighted by molar-refractivity contribution is 7.89. The smallest absolute Gasteiger partial charge is 0.409 e. The largest absolute Gasteiger partial charge is 0.464 e. The SMILES string of the molecule is CCCCOC(=O)N1CCN(S(=O)(=O)c2ccc(Cc3c(C(=O)OC)n(-c4ccccc4)c4cc(Cl)ccc4c3=O)cc2)CC1. The lowest BCUT2D eigenvalue weighted by atomic mass is 9.99. The van der Waals surface area contributed by atoms with Gasteiger partial charge in [-0.1, -0.05) is 55.3 Å². The number of unbranched alkanes of at least 4 members (excludes halogenated alkanes) is 1. The number of pyridine rings is 1. The van der Waals surface area contributed by atoms with E-state index in [1.165, 1.54) is 28.4 Å². The summed E-state index contributed by atoms with van der Waals surface area (Å²) in [6.07, 6.45) is 1.31. The highest BCUT2D eigenvalue weighted by Gasteiger charge is 2.31. The molecule has 1 aliphatic rings. The summed E-state index contributed by atoms with van der Waals surface area (Å²) in [5.74, 6) is -0.694. The number of hydrogen-bond donors (Lipinski definition) is 0. The molecule has 0 atom stereocenters. The number of amides is 1. The number of carbonyl (C=O) groups excluding carboxylic acids is 2. The summed E-state index contributed by atoms with van der Waals surface area (Å²) in [5, 5.41) is 0.777. The van der Waals surface area contributed by atoms with Crippen LogP contribution < -0.4 is 5.43 Å². The van der Waals surface area contributed by atoms with E-state index in [9.17, 15) is 22.8 Å². The zero-order valence-corrected chi connectivity index (χ0v) is 26.6. The molecule has 5 rings (SSSR count). The van der Waals surface area contributed by atoms with Gasteiger partial charge in [0.2, 0.25) is 10.0 Å². The topological polar surface area (TPSA) is 115 Å². The number of benzene rings is 3. The van der Waals surface area contributed by atoms with Crippen LogP contribution in [0.3, 0.4) is 0 Å². The lowest BCUT2D eigenvalue weighted by Gasteiger charge is -2.33. The minimum atomic E-state index is -3.83. The van der Waals surface area contributed by atoms with Crippen molar-refractivity contribution in [2.24, 2.45) is 0 Å². The molecule has 10 nitrogen and oxygen atoms in total. The molecule has 3 aromatic carbocycles. The number of piperazine rings is 1. The van der Waals surface area contributed by atoms with Gasteiger partial charge in [0.25, 0.3) is 0 Å². The van der Waals surface area contributed by atoms with E-state index < -0.39 is 22.1 Å². The standard InChI is InChI=1S/C33H34ClN3O7S/c1-3-4-20-44-33(40)35-16-18-36(19-17-35)45(41,42)26-13-10-23(11-14-26)21-28-30(32(39)43-2)37(25-8-6-5-7-9-25)29-22-24(34)12-15-27(29)31(28)38/h5-15,22H,3-4,16-21H2,1-2H3. The molecular weight excluding hydrogens is 618 g/mol. The molecule has 236 valence electrons. The highest BCUT2D eigenvalue weighted by Crippen LogP contribution is 2.27. The third-order valence-corrected chi connectivity index (χ3v) is 9.93. The van der Waals surface area contributed by atoms with E-state index in [1.807, 2.05) is 37.3 Å². The Hall–Kier alpha value is -4.19. The number of sulfonamides is 1.